The molecule has 6 nitrogen and oxygen atoms in total. The number of hydrogen-bond acceptors (Lipinski definition) is 5. The van der Waals surface area contributed by atoms with Gasteiger partial charge in [0, 0.05) is 20.6 Å². The van der Waals surface area contributed by atoms with Crippen LogP contribution in [0.5, 0.6) is 0 Å². The van der Waals surface area contributed by atoms with Gasteiger partial charge in [-0.1, -0.05) is 69.5 Å². The number of rotatable bonds is 6. The van der Waals surface area contributed by atoms with Crippen LogP contribution in [0.1, 0.15) is 32.1 Å². The Morgan fingerprint density at radius 1 is 1.03 bits per heavy atom. The van der Waals surface area contributed by atoms with E-state index >= 15 is 0 Å². The molecular weight excluding hydrogens is 506 g/mol. The minimum atomic E-state index is -0.784. The molecule has 4 rings (SSSR count). The first kappa shape index (κ1) is 22.9. The predicted octanol–water partition coefficient (Wildman–Crippen LogP) is 6.01. The first-order chi connectivity index (χ1) is 15.8. The Bertz CT molecular complexity index is 1350. The fourth-order valence-corrected chi connectivity index (χ4v) is 3.71. The predicted molar refractivity (Wildman–Crippen MR) is 130 cm³/mol. The molecule has 0 bridgehead atoms. The lowest BCUT2D eigenvalue weighted by atomic mass is 10.1. The lowest BCUT2D eigenvalue weighted by Gasteiger charge is -2.10. The molecule has 3 aromatic carbocycles. The highest BCUT2D eigenvalue weighted by atomic mass is 79.9. The van der Waals surface area contributed by atoms with Crippen LogP contribution < -0.4 is 0 Å². The third kappa shape index (κ3) is 5.05. The highest BCUT2D eigenvalue weighted by Crippen LogP contribution is 2.27. The fourth-order valence-electron chi connectivity index (χ4n) is 3.28. The Balaban J connectivity index is 1.66. The van der Waals surface area contributed by atoms with E-state index in [-0.39, 0.29) is 11.6 Å². The summed E-state index contributed by atoms with van der Waals surface area (Å²) >= 11 is 9.64. The van der Waals surface area contributed by atoms with Crippen molar-refractivity contribution in [2.24, 2.45) is 0 Å². The molecule has 4 aromatic rings. The van der Waals surface area contributed by atoms with E-state index in [9.17, 15) is 9.59 Å². The monoisotopic (exact) mass is 523 g/mol. The van der Waals surface area contributed by atoms with Crippen LogP contribution >= 0.6 is 27.5 Å². The normalized spacial score (nSPS) is 10.8. The number of aryl methyl sites for hydroxylation is 1. The van der Waals surface area contributed by atoms with Crippen molar-refractivity contribution in [1.82, 2.24) is 14.8 Å². The molecule has 0 saturated carbocycles. The second-order valence-corrected chi connectivity index (χ2v) is 8.75. The van der Waals surface area contributed by atoms with Crippen molar-refractivity contribution in [3.63, 3.8) is 0 Å². The number of benzene rings is 3. The lowest BCUT2D eigenvalue weighted by molar-refractivity contribution is 0.0462. The molecule has 1 heterocycles. The summed E-state index contributed by atoms with van der Waals surface area (Å²) < 4.78 is 7.65. The summed E-state index contributed by atoms with van der Waals surface area (Å²) in [5.74, 6) is -0.780. The third-order valence-corrected chi connectivity index (χ3v) is 5.97. The summed E-state index contributed by atoms with van der Waals surface area (Å²) in [5, 5.41) is 4.98. The van der Waals surface area contributed by atoms with E-state index in [1.165, 1.54) is 0 Å². The Kier molecular flexibility index (Phi) is 6.72. The molecule has 0 spiro atoms. The van der Waals surface area contributed by atoms with Crippen LogP contribution in [0.15, 0.2) is 71.2 Å². The Morgan fingerprint density at radius 2 is 1.76 bits per heavy atom. The standard InChI is InChI=1S/C25H19BrClN3O3/c1-15-5-3-6-18(13-15)24-28-23(29-30(24)21-8-4-7-20(27)16(21)2)25(32)33-14-22(31)17-9-11-19(26)12-10-17/h3-13H,14H2,1-2H3. The minimum absolute atomic E-state index is 0.144. The number of esters is 1. The zero-order chi connectivity index (χ0) is 23.5. The average molecular weight is 525 g/mol. The van der Waals surface area contributed by atoms with Gasteiger partial charge in [0.1, 0.15) is 0 Å². The van der Waals surface area contributed by atoms with E-state index < -0.39 is 12.6 Å². The molecule has 0 radical (unpaired) electrons. The molecule has 0 unspecified atom stereocenters. The van der Waals surface area contributed by atoms with Crippen LogP contribution in [0.2, 0.25) is 5.02 Å². The highest BCUT2D eigenvalue weighted by molar-refractivity contribution is 9.10. The maximum absolute atomic E-state index is 12.7. The molecule has 0 aliphatic heterocycles. The van der Waals surface area contributed by atoms with Gasteiger partial charge in [0.15, 0.2) is 18.2 Å². The summed E-state index contributed by atoms with van der Waals surface area (Å²) in [5.41, 5.74) is 3.75. The minimum Gasteiger partial charge on any atom is -0.451 e. The van der Waals surface area contributed by atoms with Gasteiger partial charge in [0.25, 0.3) is 5.82 Å². The molecular formula is C25H19BrClN3O3. The van der Waals surface area contributed by atoms with Crippen molar-refractivity contribution in [3.8, 4) is 17.1 Å². The number of ether oxygens (including phenoxy) is 1. The molecule has 1 aromatic heterocycles. The Morgan fingerprint density at radius 3 is 2.48 bits per heavy atom. The van der Waals surface area contributed by atoms with Crippen LogP contribution in [-0.2, 0) is 4.74 Å². The zero-order valence-corrected chi connectivity index (χ0v) is 20.2. The highest BCUT2D eigenvalue weighted by Gasteiger charge is 2.22. The SMILES string of the molecule is Cc1cccc(-c2nc(C(=O)OCC(=O)c3ccc(Br)cc3)nn2-c2cccc(Cl)c2C)c1. The van der Waals surface area contributed by atoms with Crippen LogP contribution in [0.4, 0.5) is 0 Å². The Hall–Kier alpha value is -3.29. The van der Waals surface area contributed by atoms with Crippen molar-refractivity contribution in [1.29, 1.82) is 0 Å². The number of halogens is 2. The zero-order valence-electron chi connectivity index (χ0n) is 17.9. The van der Waals surface area contributed by atoms with E-state index in [0.717, 1.165) is 21.2 Å². The fraction of sp³-hybridized carbons (Fsp3) is 0.120. The number of nitrogens with zero attached hydrogens (tertiary/aromatic N) is 3. The van der Waals surface area contributed by atoms with E-state index in [0.29, 0.717) is 22.1 Å². The molecule has 0 aliphatic rings. The summed E-state index contributed by atoms with van der Waals surface area (Å²) in [6.45, 7) is 3.43. The molecule has 0 atom stereocenters. The van der Waals surface area contributed by atoms with Crippen LogP contribution in [0.3, 0.4) is 0 Å². The number of carbonyl (C=O) groups excluding carboxylic acids is 2. The number of aromatic nitrogens is 3. The molecule has 0 saturated heterocycles. The quantitative estimate of drug-likeness (QED) is 0.228. The average Bonchev–Trinajstić information content (AvgIpc) is 3.25. The largest absolute Gasteiger partial charge is 0.451 e. The van der Waals surface area contributed by atoms with E-state index in [2.05, 4.69) is 26.0 Å². The van der Waals surface area contributed by atoms with Gasteiger partial charge in [-0.15, -0.1) is 5.10 Å². The maximum atomic E-state index is 12.7. The molecule has 0 aliphatic carbocycles. The van der Waals surface area contributed by atoms with Gasteiger partial charge in [-0.3, -0.25) is 4.79 Å². The van der Waals surface area contributed by atoms with Gasteiger partial charge in [0.05, 0.1) is 5.69 Å². The molecule has 0 N–H and O–H groups in total. The number of hydrogen-bond donors (Lipinski definition) is 0. The van der Waals surface area contributed by atoms with Crippen molar-refractivity contribution in [2.75, 3.05) is 6.61 Å². The number of Topliss-reactive ketones (excluding diaryl/α,β-unsaturated/α-hetero) is 1. The first-order valence-corrected chi connectivity index (χ1v) is 11.3. The second-order valence-electron chi connectivity index (χ2n) is 7.43. The van der Waals surface area contributed by atoms with Crippen molar-refractivity contribution in [3.05, 3.63) is 98.7 Å². The summed E-state index contributed by atoms with van der Waals surface area (Å²) in [6, 6.07) is 20.0. The van der Waals surface area contributed by atoms with Crippen LogP contribution in [-0.4, -0.2) is 33.1 Å². The van der Waals surface area contributed by atoms with Gasteiger partial charge in [-0.2, -0.15) is 0 Å². The van der Waals surface area contributed by atoms with Gasteiger partial charge < -0.3 is 4.74 Å². The van der Waals surface area contributed by atoms with Gasteiger partial charge >= 0.3 is 5.97 Å². The van der Waals surface area contributed by atoms with Gasteiger partial charge in [-0.05, 0) is 49.7 Å². The molecule has 0 fully saturated rings. The van der Waals surface area contributed by atoms with E-state index in [4.69, 9.17) is 16.3 Å². The third-order valence-electron chi connectivity index (χ3n) is 5.03. The van der Waals surface area contributed by atoms with E-state index in [1.54, 1.807) is 41.1 Å². The summed E-state index contributed by atoms with van der Waals surface area (Å²) in [6.07, 6.45) is 0. The summed E-state index contributed by atoms with van der Waals surface area (Å²) in [4.78, 5) is 29.6. The first-order valence-electron chi connectivity index (χ1n) is 10.1. The molecule has 0 amide bonds. The number of ketones is 1. The molecule has 166 valence electrons. The van der Waals surface area contributed by atoms with Crippen molar-refractivity contribution >= 4 is 39.3 Å². The molecule has 33 heavy (non-hydrogen) atoms. The summed E-state index contributed by atoms with van der Waals surface area (Å²) in [7, 11) is 0. The lowest BCUT2D eigenvalue weighted by Crippen LogP contribution is -2.15. The Labute approximate surface area is 204 Å². The van der Waals surface area contributed by atoms with Gasteiger partial charge in [0.2, 0.25) is 0 Å². The topological polar surface area (TPSA) is 74.1 Å². The smallest absolute Gasteiger partial charge is 0.378 e. The molecule has 8 heteroatoms. The van der Waals surface area contributed by atoms with Crippen molar-refractivity contribution < 1.29 is 14.3 Å². The van der Waals surface area contributed by atoms with Crippen molar-refractivity contribution in [2.45, 2.75) is 13.8 Å². The van der Waals surface area contributed by atoms with Crippen LogP contribution in [0, 0.1) is 13.8 Å². The van der Waals surface area contributed by atoms with Gasteiger partial charge in [-0.25, -0.2) is 14.5 Å². The number of carbonyl (C=O) groups is 2. The second kappa shape index (κ2) is 9.68. The van der Waals surface area contributed by atoms with Crippen LogP contribution in [0.25, 0.3) is 17.1 Å². The van der Waals surface area contributed by atoms with E-state index in [1.807, 2.05) is 44.2 Å². The maximum Gasteiger partial charge on any atom is 0.378 e.